The maximum absolute atomic E-state index is 11.6. The fourth-order valence-electron chi connectivity index (χ4n) is 1.32. The highest BCUT2D eigenvalue weighted by molar-refractivity contribution is 9.10. The Morgan fingerprint density at radius 3 is 3.06 bits per heavy atom. The van der Waals surface area contributed by atoms with Gasteiger partial charge in [-0.1, -0.05) is 5.16 Å². The Morgan fingerprint density at radius 1 is 1.65 bits per heavy atom. The smallest absolute Gasteiger partial charge is 0.240 e. The number of nitrogens with zero attached hydrogens (tertiary/aromatic N) is 3. The number of imidazole rings is 1. The largest absolute Gasteiger partial charge is 0.361 e. The van der Waals surface area contributed by atoms with Crippen molar-refractivity contribution < 1.29 is 9.32 Å². The lowest BCUT2D eigenvalue weighted by Gasteiger charge is -2.04. The lowest BCUT2D eigenvalue weighted by molar-refractivity contribution is -0.121. The quantitative estimate of drug-likeness (QED) is 0.922. The third-order valence-electron chi connectivity index (χ3n) is 2.25. The lowest BCUT2D eigenvalue weighted by Crippen LogP contribution is -2.26. The highest BCUT2D eigenvalue weighted by Gasteiger charge is 2.06. The van der Waals surface area contributed by atoms with E-state index in [4.69, 9.17) is 4.52 Å². The Bertz CT molecular complexity index is 520. The van der Waals surface area contributed by atoms with Gasteiger partial charge in [-0.3, -0.25) is 4.79 Å². The number of carbonyl (C=O) groups excluding carboxylic acids is 1. The molecule has 6 nitrogen and oxygen atoms in total. The van der Waals surface area contributed by atoms with E-state index in [0.29, 0.717) is 11.1 Å². The van der Waals surface area contributed by atoms with Gasteiger partial charge >= 0.3 is 0 Å². The first-order valence-electron chi connectivity index (χ1n) is 4.99. The highest BCUT2D eigenvalue weighted by atomic mass is 79.9. The zero-order chi connectivity index (χ0) is 12.3. The van der Waals surface area contributed by atoms with Crippen LogP contribution in [0.15, 0.2) is 27.8 Å². The first-order chi connectivity index (χ1) is 8.15. The van der Waals surface area contributed by atoms with Crippen LogP contribution >= 0.6 is 15.9 Å². The van der Waals surface area contributed by atoms with Crippen LogP contribution in [-0.2, 0) is 17.9 Å². The molecule has 2 heterocycles. The van der Waals surface area contributed by atoms with E-state index < -0.39 is 0 Å². The van der Waals surface area contributed by atoms with Crippen molar-refractivity contribution in [2.24, 2.45) is 0 Å². The number of nitrogens with one attached hydrogen (secondary N) is 1. The van der Waals surface area contributed by atoms with Crippen molar-refractivity contribution in [1.29, 1.82) is 0 Å². The molecule has 0 aliphatic carbocycles. The Kier molecular flexibility index (Phi) is 3.58. The number of aryl methyl sites for hydroxylation is 1. The molecule has 0 aliphatic rings. The summed E-state index contributed by atoms with van der Waals surface area (Å²) in [6.07, 6.45) is 4.93. The average Bonchev–Trinajstić information content (AvgIpc) is 2.85. The van der Waals surface area contributed by atoms with Crippen LogP contribution < -0.4 is 5.32 Å². The van der Waals surface area contributed by atoms with Gasteiger partial charge in [0, 0.05) is 18.3 Å². The van der Waals surface area contributed by atoms with Crippen molar-refractivity contribution in [3.63, 3.8) is 0 Å². The molecule has 1 amide bonds. The Labute approximate surface area is 106 Å². The summed E-state index contributed by atoms with van der Waals surface area (Å²) >= 11 is 3.22. The second-order valence-corrected chi connectivity index (χ2v) is 4.37. The molecule has 0 bridgehead atoms. The molecule has 90 valence electrons. The predicted molar refractivity (Wildman–Crippen MR) is 63.0 cm³/mol. The number of amides is 1. The minimum absolute atomic E-state index is 0.0875. The second kappa shape index (κ2) is 5.13. The molecule has 7 heteroatoms. The fraction of sp³-hybridized carbons (Fsp3) is 0.300. The van der Waals surface area contributed by atoms with Gasteiger partial charge in [-0.25, -0.2) is 4.98 Å². The molecule has 0 radical (unpaired) electrons. The van der Waals surface area contributed by atoms with Crippen molar-refractivity contribution in [1.82, 2.24) is 20.0 Å². The number of rotatable bonds is 4. The molecular formula is C10H11BrN4O2. The summed E-state index contributed by atoms with van der Waals surface area (Å²) in [4.78, 5) is 15.6. The maximum atomic E-state index is 11.6. The van der Waals surface area contributed by atoms with Gasteiger partial charge in [-0.15, -0.1) is 0 Å². The van der Waals surface area contributed by atoms with E-state index >= 15 is 0 Å². The van der Waals surface area contributed by atoms with E-state index in [1.165, 1.54) is 0 Å². The summed E-state index contributed by atoms with van der Waals surface area (Å²) in [5, 5.41) is 6.42. The highest BCUT2D eigenvalue weighted by Crippen LogP contribution is 2.06. The SMILES string of the molecule is Cc1oncc1CNC(=O)Cn1cnc(Br)c1. The van der Waals surface area contributed by atoms with Crippen molar-refractivity contribution in [3.8, 4) is 0 Å². The van der Waals surface area contributed by atoms with Crippen LogP contribution in [0.3, 0.4) is 0 Å². The first kappa shape index (κ1) is 11.8. The molecular weight excluding hydrogens is 288 g/mol. The number of hydrogen-bond donors (Lipinski definition) is 1. The normalized spacial score (nSPS) is 10.5. The van der Waals surface area contributed by atoms with E-state index in [1.54, 1.807) is 23.3 Å². The van der Waals surface area contributed by atoms with Crippen LogP contribution in [0.4, 0.5) is 0 Å². The molecule has 0 unspecified atom stereocenters. The van der Waals surface area contributed by atoms with Crippen molar-refractivity contribution in [2.45, 2.75) is 20.0 Å². The van der Waals surface area contributed by atoms with Crippen LogP contribution in [0.25, 0.3) is 0 Å². The van der Waals surface area contributed by atoms with Gasteiger partial charge < -0.3 is 14.4 Å². The van der Waals surface area contributed by atoms with Crippen molar-refractivity contribution >= 4 is 21.8 Å². The average molecular weight is 299 g/mol. The standard InChI is InChI=1S/C10H11BrN4O2/c1-7-8(3-14-17-7)2-12-10(16)5-15-4-9(11)13-6-15/h3-4,6H,2,5H2,1H3,(H,12,16). The summed E-state index contributed by atoms with van der Waals surface area (Å²) in [5.41, 5.74) is 0.880. The summed E-state index contributed by atoms with van der Waals surface area (Å²) < 4.78 is 7.30. The van der Waals surface area contributed by atoms with Crippen molar-refractivity contribution in [2.75, 3.05) is 0 Å². The fourth-order valence-corrected chi connectivity index (χ4v) is 1.68. The number of hydrogen-bond acceptors (Lipinski definition) is 4. The summed E-state index contributed by atoms with van der Waals surface area (Å²) in [6, 6.07) is 0. The molecule has 0 aromatic carbocycles. The first-order valence-corrected chi connectivity index (χ1v) is 5.78. The molecule has 1 N–H and O–H groups in total. The van der Waals surface area contributed by atoms with E-state index in [1.807, 2.05) is 6.92 Å². The minimum atomic E-state index is -0.0875. The van der Waals surface area contributed by atoms with Gasteiger partial charge in [0.05, 0.1) is 12.5 Å². The van der Waals surface area contributed by atoms with Gasteiger partial charge in [0.1, 0.15) is 16.9 Å². The van der Waals surface area contributed by atoms with E-state index in [9.17, 15) is 4.79 Å². The zero-order valence-electron chi connectivity index (χ0n) is 9.18. The number of carbonyl (C=O) groups is 1. The number of aromatic nitrogens is 3. The Balaban J connectivity index is 1.84. The van der Waals surface area contributed by atoms with Gasteiger partial charge in [0.2, 0.25) is 5.91 Å². The summed E-state index contributed by atoms with van der Waals surface area (Å²) in [6.45, 7) is 2.47. The van der Waals surface area contributed by atoms with Crippen LogP contribution in [-0.4, -0.2) is 20.6 Å². The lowest BCUT2D eigenvalue weighted by atomic mass is 10.3. The third kappa shape index (κ3) is 3.16. The Hall–Kier alpha value is -1.63. The maximum Gasteiger partial charge on any atom is 0.240 e. The Morgan fingerprint density at radius 2 is 2.47 bits per heavy atom. The topological polar surface area (TPSA) is 73.0 Å². The van der Waals surface area contributed by atoms with Crippen LogP contribution in [0.5, 0.6) is 0 Å². The van der Waals surface area contributed by atoms with Gasteiger partial charge in [-0.2, -0.15) is 0 Å². The predicted octanol–water partition coefficient (Wildman–Crippen LogP) is 1.26. The van der Waals surface area contributed by atoms with Crippen LogP contribution in [0.2, 0.25) is 0 Å². The minimum Gasteiger partial charge on any atom is -0.361 e. The molecule has 0 aliphatic heterocycles. The van der Waals surface area contributed by atoms with Crippen LogP contribution in [0.1, 0.15) is 11.3 Å². The molecule has 17 heavy (non-hydrogen) atoms. The molecule has 2 rings (SSSR count). The van der Waals surface area contributed by atoms with E-state index in [2.05, 4.69) is 31.4 Å². The second-order valence-electron chi connectivity index (χ2n) is 3.55. The zero-order valence-corrected chi connectivity index (χ0v) is 10.8. The molecule has 0 spiro atoms. The monoisotopic (exact) mass is 298 g/mol. The van der Waals surface area contributed by atoms with Crippen molar-refractivity contribution in [3.05, 3.63) is 34.6 Å². The molecule has 0 saturated carbocycles. The van der Waals surface area contributed by atoms with Gasteiger partial charge in [-0.05, 0) is 22.9 Å². The summed E-state index contributed by atoms with van der Waals surface area (Å²) in [5.74, 6) is 0.631. The molecule has 0 saturated heterocycles. The van der Waals surface area contributed by atoms with E-state index in [0.717, 1.165) is 11.3 Å². The molecule has 0 atom stereocenters. The third-order valence-corrected chi connectivity index (χ3v) is 2.66. The molecule has 2 aromatic heterocycles. The van der Waals surface area contributed by atoms with Gasteiger partial charge in [0.25, 0.3) is 0 Å². The van der Waals surface area contributed by atoms with Crippen LogP contribution in [0, 0.1) is 6.92 Å². The van der Waals surface area contributed by atoms with Gasteiger partial charge in [0.15, 0.2) is 0 Å². The summed E-state index contributed by atoms with van der Waals surface area (Å²) in [7, 11) is 0. The molecule has 2 aromatic rings. The molecule has 0 fully saturated rings. The van der Waals surface area contributed by atoms with E-state index in [-0.39, 0.29) is 12.5 Å². The number of halogens is 1.